The number of hydrogen-bond donors (Lipinski definition) is 0. The molecule has 0 amide bonds. The van der Waals surface area contributed by atoms with Crippen molar-refractivity contribution in [1.29, 1.82) is 0 Å². The van der Waals surface area contributed by atoms with E-state index < -0.39 is 42.3 Å². The monoisotopic (exact) mass is 326 g/mol. The van der Waals surface area contributed by atoms with E-state index in [0.29, 0.717) is 6.92 Å². The largest absolute Gasteiger partial charge is 0.456 e. The molecule has 1 heterocycles. The minimum atomic E-state index is -6.01. The SMILES string of the molecule is C=CC1(C(F)(F)F)CCCCC(C)(C(F)(F)C(F)(F)F)O1. The molecule has 0 aromatic heterocycles. The van der Waals surface area contributed by atoms with Crippen molar-refractivity contribution in [1.82, 2.24) is 0 Å². The summed E-state index contributed by atoms with van der Waals surface area (Å²) >= 11 is 0. The predicted molar refractivity (Wildman–Crippen MR) is 57.9 cm³/mol. The third kappa shape index (κ3) is 2.89. The molecule has 2 atom stereocenters. The van der Waals surface area contributed by atoms with Crippen molar-refractivity contribution >= 4 is 0 Å². The van der Waals surface area contributed by atoms with Crippen LogP contribution in [0, 0.1) is 0 Å². The molecule has 124 valence electrons. The standard InChI is InChI=1S/C12H14F8O/c1-3-9(11(15,16)17)7-5-4-6-8(2,21-9)10(13,14)12(18,19)20/h3H,1,4-7H2,2H3. The molecular weight excluding hydrogens is 312 g/mol. The Hall–Kier alpha value is -0.860. The van der Waals surface area contributed by atoms with Gasteiger partial charge in [-0.2, -0.15) is 35.1 Å². The van der Waals surface area contributed by atoms with Gasteiger partial charge < -0.3 is 4.74 Å². The molecule has 1 aliphatic rings. The normalized spacial score (nSPS) is 32.6. The molecule has 0 aromatic rings. The zero-order valence-electron chi connectivity index (χ0n) is 11.0. The summed E-state index contributed by atoms with van der Waals surface area (Å²) in [5, 5.41) is 0. The molecule has 21 heavy (non-hydrogen) atoms. The van der Waals surface area contributed by atoms with Crippen molar-refractivity contribution in [3.8, 4) is 0 Å². The number of ether oxygens (including phenoxy) is 1. The van der Waals surface area contributed by atoms with Crippen molar-refractivity contribution in [2.24, 2.45) is 0 Å². The van der Waals surface area contributed by atoms with E-state index in [-0.39, 0.29) is 18.9 Å². The third-order valence-electron chi connectivity index (χ3n) is 3.69. The van der Waals surface area contributed by atoms with Gasteiger partial charge in [0, 0.05) is 0 Å². The number of halogens is 8. The lowest BCUT2D eigenvalue weighted by atomic mass is 9.91. The van der Waals surface area contributed by atoms with Crippen LogP contribution in [-0.2, 0) is 4.74 Å². The second kappa shape index (κ2) is 5.10. The van der Waals surface area contributed by atoms with Crippen molar-refractivity contribution in [2.75, 3.05) is 0 Å². The van der Waals surface area contributed by atoms with Crippen LogP contribution in [-0.4, -0.2) is 29.5 Å². The van der Waals surface area contributed by atoms with Crippen molar-refractivity contribution in [2.45, 2.75) is 62.1 Å². The molecule has 0 radical (unpaired) electrons. The van der Waals surface area contributed by atoms with Crippen LogP contribution in [0.5, 0.6) is 0 Å². The van der Waals surface area contributed by atoms with Gasteiger partial charge in [-0.15, -0.1) is 0 Å². The molecule has 1 aliphatic heterocycles. The van der Waals surface area contributed by atoms with E-state index >= 15 is 0 Å². The maximum Gasteiger partial charge on any atom is 0.456 e. The van der Waals surface area contributed by atoms with Gasteiger partial charge in [-0.3, -0.25) is 0 Å². The molecule has 1 rings (SSSR count). The zero-order valence-corrected chi connectivity index (χ0v) is 11.0. The molecule has 2 unspecified atom stereocenters. The van der Waals surface area contributed by atoms with E-state index in [0.717, 1.165) is 0 Å². The van der Waals surface area contributed by atoms with Gasteiger partial charge in [-0.25, -0.2) is 0 Å². The first-order valence-electron chi connectivity index (χ1n) is 6.07. The fourth-order valence-corrected chi connectivity index (χ4v) is 2.33. The fourth-order valence-electron chi connectivity index (χ4n) is 2.33. The Morgan fingerprint density at radius 3 is 1.81 bits per heavy atom. The van der Waals surface area contributed by atoms with Gasteiger partial charge in [-0.1, -0.05) is 19.1 Å². The van der Waals surface area contributed by atoms with E-state index in [9.17, 15) is 35.1 Å². The number of hydrogen-bond acceptors (Lipinski definition) is 1. The first kappa shape index (κ1) is 18.2. The lowest BCUT2D eigenvalue weighted by molar-refractivity contribution is -0.380. The van der Waals surface area contributed by atoms with Gasteiger partial charge >= 0.3 is 18.3 Å². The van der Waals surface area contributed by atoms with E-state index in [1.54, 1.807) is 0 Å². The molecule has 1 saturated heterocycles. The highest BCUT2D eigenvalue weighted by atomic mass is 19.4. The van der Waals surface area contributed by atoms with Crippen LogP contribution >= 0.6 is 0 Å². The van der Waals surface area contributed by atoms with Gasteiger partial charge in [0.05, 0.1) is 0 Å². The molecule has 0 N–H and O–H groups in total. The molecule has 0 aliphatic carbocycles. The van der Waals surface area contributed by atoms with Crippen LogP contribution in [0.3, 0.4) is 0 Å². The summed E-state index contributed by atoms with van der Waals surface area (Å²) < 4.78 is 108. The van der Waals surface area contributed by atoms with Crippen LogP contribution < -0.4 is 0 Å². The topological polar surface area (TPSA) is 9.23 Å². The minimum absolute atomic E-state index is 0.199. The summed E-state index contributed by atoms with van der Waals surface area (Å²) in [4.78, 5) is 0. The van der Waals surface area contributed by atoms with E-state index in [2.05, 4.69) is 11.3 Å². The molecule has 0 spiro atoms. The summed E-state index contributed by atoms with van der Waals surface area (Å²) in [5.74, 6) is -5.41. The van der Waals surface area contributed by atoms with Gasteiger partial charge in [-0.05, 0) is 26.2 Å². The number of rotatable bonds is 2. The van der Waals surface area contributed by atoms with Crippen LogP contribution in [0.4, 0.5) is 35.1 Å². The average Bonchev–Trinajstić information content (AvgIpc) is 2.48. The first-order chi connectivity index (χ1) is 9.22. The second-order valence-corrected chi connectivity index (χ2v) is 5.20. The predicted octanol–water partition coefficient (Wildman–Crippen LogP) is 5.02. The smallest absolute Gasteiger partial charge is 0.349 e. The second-order valence-electron chi connectivity index (χ2n) is 5.20. The lowest BCUT2D eigenvalue weighted by Crippen LogP contribution is -2.61. The quantitative estimate of drug-likeness (QED) is 0.511. The molecular formula is C12H14F8O. The van der Waals surface area contributed by atoms with Crippen LogP contribution in [0.15, 0.2) is 12.7 Å². The Morgan fingerprint density at radius 1 is 0.952 bits per heavy atom. The Bertz CT molecular complexity index is 399. The van der Waals surface area contributed by atoms with E-state index in [1.807, 2.05) is 0 Å². The van der Waals surface area contributed by atoms with Crippen LogP contribution in [0.1, 0.15) is 32.6 Å². The maximum absolute atomic E-state index is 13.6. The Balaban J connectivity index is 3.34. The molecule has 0 saturated carbocycles. The summed E-state index contributed by atoms with van der Waals surface area (Å²) in [6.45, 7) is 3.26. The summed E-state index contributed by atoms with van der Waals surface area (Å²) in [6, 6.07) is 0. The first-order valence-corrected chi connectivity index (χ1v) is 6.07. The van der Waals surface area contributed by atoms with Crippen molar-refractivity contribution in [3.63, 3.8) is 0 Å². The summed E-state index contributed by atoms with van der Waals surface area (Å²) in [6.07, 6.45) is -12.9. The highest BCUT2D eigenvalue weighted by molar-refractivity contribution is 5.09. The average molecular weight is 326 g/mol. The van der Waals surface area contributed by atoms with Gasteiger partial charge in [0.15, 0.2) is 5.60 Å². The van der Waals surface area contributed by atoms with Crippen LogP contribution in [0.2, 0.25) is 0 Å². The van der Waals surface area contributed by atoms with Crippen molar-refractivity contribution < 1.29 is 39.9 Å². The Morgan fingerprint density at radius 2 is 1.43 bits per heavy atom. The Kier molecular flexibility index (Phi) is 4.42. The summed E-state index contributed by atoms with van der Waals surface area (Å²) in [5.41, 5.74) is -6.53. The fraction of sp³-hybridized carbons (Fsp3) is 0.833. The lowest BCUT2D eigenvalue weighted by Gasteiger charge is -2.43. The summed E-state index contributed by atoms with van der Waals surface area (Å²) in [7, 11) is 0. The maximum atomic E-state index is 13.6. The number of alkyl halides is 8. The molecule has 0 bridgehead atoms. The minimum Gasteiger partial charge on any atom is -0.349 e. The van der Waals surface area contributed by atoms with Gasteiger partial charge in [0.1, 0.15) is 5.60 Å². The van der Waals surface area contributed by atoms with Crippen molar-refractivity contribution in [3.05, 3.63) is 12.7 Å². The Labute approximate surface area is 115 Å². The van der Waals surface area contributed by atoms with E-state index in [4.69, 9.17) is 0 Å². The molecule has 1 nitrogen and oxygen atoms in total. The van der Waals surface area contributed by atoms with E-state index in [1.165, 1.54) is 0 Å². The third-order valence-corrected chi connectivity index (χ3v) is 3.69. The van der Waals surface area contributed by atoms with Gasteiger partial charge in [0.25, 0.3) is 0 Å². The zero-order chi connectivity index (χ0) is 16.7. The molecule has 1 fully saturated rings. The van der Waals surface area contributed by atoms with Crippen LogP contribution in [0.25, 0.3) is 0 Å². The highest BCUT2D eigenvalue weighted by Gasteiger charge is 2.72. The van der Waals surface area contributed by atoms with Gasteiger partial charge in [0.2, 0.25) is 0 Å². The molecule has 0 aromatic carbocycles. The highest BCUT2D eigenvalue weighted by Crippen LogP contribution is 2.53. The molecule has 9 heteroatoms.